The van der Waals surface area contributed by atoms with Gasteiger partial charge in [-0.15, -0.1) is 0 Å². The molecule has 0 spiro atoms. The molecule has 1 unspecified atom stereocenters. The highest BCUT2D eigenvalue weighted by molar-refractivity contribution is 7.91. The fourth-order valence-electron chi connectivity index (χ4n) is 2.95. The molecule has 1 aliphatic heterocycles. The number of benzene rings is 1. The van der Waals surface area contributed by atoms with Gasteiger partial charge in [-0.2, -0.15) is 0 Å². The zero-order valence-electron chi connectivity index (χ0n) is 12.7. The summed E-state index contributed by atoms with van der Waals surface area (Å²) >= 11 is 0. The molecule has 1 amide bonds. The molecule has 2 aromatic rings. The first-order valence-corrected chi connectivity index (χ1v) is 9.27. The smallest absolute Gasteiger partial charge is 0.349 e. The van der Waals surface area contributed by atoms with Gasteiger partial charge < -0.3 is 9.32 Å². The number of nitrogens with zero attached hydrogens (tertiary/aromatic N) is 1. The number of hydrogen-bond donors (Lipinski definition) is 0. The monoisotopic (exact) mass is 335 g/mol. The van der Waals surface area contributed by atoms with E-state index >= 15 is 0 Å². The maximum Gasteiger partial charge on any atom is 0.349 e. The van der Waals surface area contributed by atoms with Gasteiger partial charge in [0.05, 0.1) is 11.5 Å². The van der Waals surface area contributed by atoms with Crippen LogP contribution in [-0.2, 0) is 9.84 Å². The lowest BCUT2D eigenvalue weighted by Crippen LogP contribution is -2.42. The molecule has 23 heavy (non-hydrogen) atoms. The Morgan fingerprint density at radius 3 is 2.74 bits per heavy atom. The highest BCUT2D eigenvalue weighted by Crippen LogP contribution is 2.20. The van der Waals surface area contributed by atoms with Crippen LogP contribution < -0.4 is 5.63 Å². The molecule has 1 atom stereocenters. The Balaban J connectivity index is 1.98. The minimum Gasteiger partial charge on any atom is -0.422 e. The van der Waals surface area contributed by atoms with Crippen molar-refractivity contribution in [2.75, 3.05) is 18.1 Å². The van der Waals surface area contributed by atoms with Crippen LogP contribution in [0.4, 0.5) is 0 Å². The molecule has 3 rings (SSSR count). The van der Waals surface area contributed by atoms with Gasteiger partial charge in [0, 0.05) is 18.0 Å². The molecule has 1 aromatic heterocycles. The molecule has 0 aliphatic carbocycles. The Hall–Kier alpha value is -2.15. The average Bonchev–Trinajstić information content (AvgIpc) is 2.87. The van der Waals surface area contributed by atoms with E-state index in [1.807, 2.05) is 0 Å². The molecular weight excluding hydrogens is 318 g/mol. The lowest BCUT2D eigenvalue weighted by atomic mass is 10.1. The van der Waals surface area contributed by atoms with Crippen molar-refractivity contribution in [2.45, 2.75) is 19.4 Å². The van der Waals surface area contributed by atoms with Crippen molar-refractivity contribution in [3.05, 3.63) is 46.3 Å². The summed E-state index contributed by atoms with van der Waals surface area (Å²) in [7, 11) is -3.11. The molecule has 2 heterocycles. The second-order valence-corrected chi connectivity index (χ2v) is 7.86. The van der Waals surface area contributed by atoms with Crippen molar-refractivity contribution in [3.63, 3.8) is 0 Å². The van der Waals surface area contributed by atoms with E-state index in [-0.39, 0.29) is 23.1 Å². The summed E-state index contributed by atoms with van der Waals surface area (Å²) < 4.78 is 28.5. The van der Waals surface area contributed by atoms with Crippen LogP contribution in [-0.4, -0.2) is 43.3 Å². The third kappa shape index (κ3) is 3.01. The lowest BCUT2D eigenvalue weighted by Gasteiger charge is -2.26. The van der Waals surface area contributed by atoms with E-state index in [2.05, 4.69) is 0 Å². The van der Waals surface area contributed by atoms with E-state index in [1.54, 1.807) is 31.2 Å². The van der Waals surface area contributed by atoms with Crippen LogP contribution in [0, 0.1) is 0 Å². The van der Waals surface area contributed by atoms with Gasteiger partial charge in [-0.3, -0.25) is 4.79 Å². The minimum absolute atomic E-state index is 0.0501. The predicted molar refractivity (Wildman–Crippen MR) is 86.3 cm³/mol. The number of amides is 1. The minimum atomic E-state index is -3.11. The van der Waals surface area contributed by atoms with Crippen molar-refractivity contribution in [1.29, 1.82) is 0 Å². The molecule has 7 heteroatoms. The normalized spacial score (nSPS) is 19.8. The van der Waals surface area contributed by atoms with Crippen molar-refractivity contribution < 1.29 is 17.6 Å². The summed E-state index contributed by atoms with van der Waals surface area (Å²) in [6.07, 6.45) is 0.404. The summed E-state index contributed by atoms with van der Waals surface area (Å²) in [6.45, 7) is 2.11. The Bertz CT molecular complexity index is 915. The summed E-state index contributed by atoms with van der Waals surface area (Å²) in [6, 6.07) is 8.07. The highest BCUT2D eigenvalue weighted by atomic mass is 32.2. The number of carbonyl (C=O) groups is 1. The molecule has 122 valence electrons. The largest absolute Gasteiger partial charge is 0.422 e. The van der Waals surface area contributed by atoms with Gasteiger partial charge in [0.15, 0.2) is 9.84 Å². The molecule has 0 radical (unpaired) electrons. The van der Waals surface area contributed by atoms with Gasteiger partial charge in [0.25, 0.3) is 5.91 Å². The van der Waals surface area contributed by atoms with E-state index in [1.165, 1.54) is 11.0 Å². The van der Waals surface area contributed by atoms with Crippen molar-refractivity contribution >= 4 is 26.7 Å². The van der Waals surface area contributed by atoms with Gasteiger partial charge in [-0.05, 0) is 25.5 Å². The van der Waals surface area contributed by atoms with Gasteiger partial charge in [-0.1, -0.05) is 18.2 Å². The fourth-order valence-corrected chi connectivity index (χ4v) is 4.69. The summed E-state index contributed by atoms with van der Waals surface area (Å²) in [4.78, 5) is 26.3. The number of carbonyl (C=O) groups excluding carboxylic acids is 1. The quantitative estimate of drug-likeness (QED) is 0.793. The number of hydrogen-bond acceptors (Lipinski definition) is 5. The number of para-hydroxylation sites is 1. The number of sulfone groups is 1. The molecule has 0 N–H and O–H groups in total. The second-order valence-electron chi connectivity index (χ2n) is 5.63. The number of fused-ring (bicyclic) bond motifs is 1. The molecule has 6 nitrogen and oxygen atoms in total. The summed E-state index contributed by atoms with van der Waals surface area (Å²) in [5, 5.41) is 0.658. The topological polar surface area (TPSA) is 84.7 Å². The predicted octanol–water partition coefficient (Wildman–Crippen LogP) is 1.44. The zero-order valence-corrected chi connectivity index (χ0v) is 13.5. The molecule has 1 aliphatic rings. The first kappa shape index (κ1) is 15.7. The second kappa shape index (κ2) is 5.81. The van der Waals surface area contributed by atoms with Gasteiger partial charge in [0.1, 0.15) is 11.1 Å². The first-order valence-electron chi connectivity index (χ1n) is 7.45. The van der Waals surface area contributed by atoms with E-state index in [4.69, 9.17) is 4.42 Å². The zero-order chi connectivity index (χ0) is 16.6. The Morgan fingerprint density at radius 2 is 2.09 bits per heavy atom. The fraction of sp³-hybridized carbons (Fsp3) is 0.375. The van der Waals surface area contributed by atoms with Crippen molar-refractivity contribution in [1.82, 2.24) is 4.90 Å². The van der Waals surface area contributed by atoms with Crippen LogP contribution in [0.25, 0.3) is 11.0 Å². The Labute approximate surface area is 133 Å². The summed E-state index contributed by atoms with van der Waals surface area (Å²) in [5.74, 6) is -0.451. The maximum absolute atomic E-state index is 12.7. The van der Waals surface area contributed by atoms with Crippen LogP contribution in [0.5, 0.6) is 0 Å². The third-order valence-corrected chi connectivity index (χ3v) is 5.87. The van der Waals surface area contributed by atoms with Crippen LogP contribution in [0.2, 0.25) is 0 Å². The number of rotatable bonds is 3. The molecule has 0 bridgehead atoms. The molecule has 0 saturated carbocycles. The molecule has 1 aromatic carbocycles. The van der Waals surface area contributed by atoms with Crippen molar-refractivity contribution in [3.8, 4) is 0 Å². The van der Waals surface area contributed by atoms with Crippen LogP contribution in [0.3, 0.4) is 0 Å². The first-order chi connectivity index (χ1) is 10.9. The standard InChI is InChI=1S/C16H17NO5S/c1-2-17(12-7-8-23(20,21)10-12)15(18)13-9-11-5-3-4-6-14(11)22-16(13)19/h3-6,9,12H,2,7-8,10H2,1H3. The van der Waals surface area contributed by atoms with Gasteiger partial charge >= 0.3 is 5.63 Å². The maximum atomic E-state index is 12.7. The van der Waals surface area contributed by atoms with E-state index in [9.17, 15) is 18.0 Å². The van der Waals surface area contributed by atoms with E-state index < -0.39 is 21.4 Å². The van der Waals surface area contributed by atoms with Crippen LogP contribution >= 0.6 is 0 Å². The average molecular weight is 335 g/mol. The molecular formula is C16H17NO5S. The lowest BCUT2D eigenvalue weighted by molar-refractivity contribution is 0.0704. The highest BCUT2D eigenvalue weighted by Gasteiger charge is 2.35. The van der Waals surface area contributed by atoms with Gasteiger partial charge in [0.2, 0.25) is 0 Å². The third-order valence-electron chi connectivity index (χ3n) is 4.12. The van der Waals surface area contributed by atoms with Crippen molar-refractivity contribution in [2.24, 2.45) is 0 Å². The summed E-state index contributed by atoms with van der Waals surface area (Å²) in [5.41, 5.74) is -0.344. The van der Waals surface area contributed by atoms with Crippen LogP contribution in [0.15, 0.2) is 39.5 Å². The SMILES string of the molecule is CCN(C(=O)c1cc2ccccc2oc1=O)C1CCS(=O)(=O)C1. The van der Waals surface area contributed by atoms with E-state index in [0.29, 0.717) is 23.9 Å². The van der Waals surface area contributed by atoms with Crippen LogP contribution in [0.1, 0.15) is 23.7 Å². The van der Waals surface area contributed by atoms with Gasteiger partial charge in [-0.25, -0.2) is 13.2 Å². The molecule has 1 saturated heterocycles. The Morgan fingerprint density at radius 1 is 1.35 bits per heavy atom. The Kier molecular flexibility index (Phi) is 3.97. The molecule has 1 fully saturated rings. The van der Waals surface area contributed by atoms with E-state index in [0.717, 1.165) is 0 Å².